The lowest BCUT2D eigenvalue weighted by atomic mass is 10.2. The molecule has 0 aliphatic heterocycles. The molecule has 120 valence electrons. The Labute approximate surface area is 129 Å². The van der Waals surface area contributed by atoms with Crippen LogP contribution in [-0.2, 0) is 11.3 Å². The number of rotatable bonds is 11. The molecule has 0 bridgehead atoms. The van der Waals surface area contributed by atoms with E-state index in [4.69, 9.17) is 4.74 Å². The van der Waals surface area contributed by atoms with Crippen molar-refractivity contribution >= 4 is 5.95 Å². The smallest absolute Gasteiger partial charge is 0.225 e. The number of hydrogen-bond acceptors (Lipinski definition) is 5. The lowest BCUT2D eigenvalue weighted by molar-refractivity contribution is 0.199. The molecule has 0 radical (unpaired) electrons. The van der Waals surface area contributed by atoms with Crippen LogP contribution in [0.2, 0.25) is 0 Å². The third-order valence-electron chi connectivity index (χ3n) is 3.39. The zero-order valence-corrected chi connectivity index (χ0v) is 13.9. The summed E-state index contributed by atoms with van der Waals surface area (Å²) in [5.41, 5.74) is 1.10. The summed E-state index contributed by atoms with van der Waals surface area (Å²) in [6.45, 7) is 9.97. The molecule has 1 aromatic heterocycles. The topological polar surface area (TPSA) is 50.3 Å². The number of anilines is 1. The normalized spacial score (nSPS) is 11.1. The van der Waals surface area contributed by atoms with Gasteiger partial charge in [0.2, 0.25) is 5.95 Å². The van der Waals surface area contributed by atoms with Gasteiger partial charge in [0.1, 0.15) is 0 Å². The minimum Gasteiger partial charge on any atom is -0.383 e. The maximum Gasteiger partial charge on any atom is 0.225 e. The highest BCUT2D eigenvalue weighted by Crippen LogP contribution is 2.12. The van der Waals surface area contributed by atoms with E-state index in [2.05, 4.69) is 41.0 Å². The van der Waals surface area contributed by atoms with Crippen molar-refractivity contribution in [1.82, 2.24) is 15.3 Å². The highest BCUT2D eigenvalue weighted by molar-refractivity contribution is 5.31. The summed E-state index contributed by atoms with van der Waals surface area (Å²) in [5.74, 6) is 0.835. The van der Waals surface area contributed by atoms with Gasteiger partial charge < -0.3 is 15.0 Å². The van der Waals surface area contributed by atoms with Gasteiger partial charge in [-0.1, -0.05) is 19.8 Å². The van der Waals surface area contributed by atoms with Crippen molar-refractivity contribution in [2.75, 3.05) is 31.7 Å². The van der Waals surface area contributed by atoms with Crippen LogP contribution in [-0.4, -0.2) is 42.8 Å². The predicted octanol–water partition coefficient (Wildman–Crippen LogP) is 2.62. The molecule has 5 nitrogen and oxygen atoms in total. The summed E-state index contributed by atoms with van der Waals surface area (Å²) >= 11 is 0. The second-order valence-electron chi connectivity index (χ2n) is 5.56. The molecule has 0 unspecified atom stereocenters. The first kappa shape index (κ1) is 17.9. The molecule has 0 atom stereocenters. The third kappa shape index (κ3) is 6.87. The molecule has 0 amide bonds. The summed E-state index contributed by atoms with van der Waals surface area (Å²) in [4.78, 5) is 11.3. The van der Waals surface area contributed by atoms with Crippen molar-refractivity contribution in [3.05, 3.63) is 18.0 Å². The number of methoxy groups -OCH3 is 1. The van der Waals surface area contributed by atoms with Gasteiger partial charge in [0.05, 0.1) is 6.61 Å². The van der Waals surface area contributed by atoms with Gasteiger partial charge in [-0.3, -0.25) is 0 Å². The van der Waals surface area contributed by atoms with E-state index in [-0.39, 0.29) is 0 Å². The van der Waals surface area contributed by atoms with Crippen LogP contribution >= 0.6 is 0 Å². The van der Waals surface area contributed by atoms with E-state index in [1.54, 1.807) is 7.11 Å². The summed E-state index contributed by atoms with van der Waals surface area (Å²) < 4.78 is 5.00. The van der Waals surface area contributed by atoms with Crippen LogP contribution < -0.4 is 10.2 Å². The Hall–Kier alpha value is -1.20. The van der Waals surface area contributed by atoms with E-state index in [1.807, 2.05) is 12.4 Å². The van der Waals surface area contributed by atoms with Gasteiger partial charge in [-0.15, -0.1) is 0 Å². The zero-order valence-electron chi connectivity index (χ0n) is 13.9. The average molecular weight is 294 g/mol. The average Bonchev–Trinajstić information content (AvgIpc) is 2.49. The van der Waals surface area contributed by atoms with Crippen molar-refractivity contribution in [2.24, 2.45) is 0 Å². The summed E-state index contributed by atoms with van der Waals surface area (Å²) in [6.07, 6.45) is 7.51. The first-order chi connectivity index (χ1) is 10.2. The Morgan fingerprint density at radius 3 is 2.52 bits per heavy atom. The fourth-order valence-electron chi connectivity index (χ4n) is 2.12. The highest BCUT2D eigenvalue weighted by atomic mass is 16.5. The van der Waals surface area contributed by atoms with Crippen LogP contribution in [0.5, 0.6) is 0 Å². The molecule has 0 aliphatic carbocycles. The summed E-state index contributed by atoms with van der Waals surface area (Å²) in [7, 11) is 1.71. The van der Waals surface area contributed by atoms with Crippen LogP contribution in [0.4, 0.5) is 5.95 Å². The molecule has 21 heavy (non-hydrogen) atoms. The highest BCUT2D eigenvalue weighted by Gasteiger charge is 2.12. The van der Waals surface area contributed by atoms with E-state index in [0.29, 0.717) is 6.04 Å². The van der Waals surface area contributed by atoms with Crippen molar-refractivity contribution < 1.29 is 4.74 Å². The fourth-order valence-corrected chi connectivity index (χ4v) is 2.12. The van der Waals surface area contributed by atoms with Crippen LogP contribution in [0.1, 0.15) is 45.6 Å². The molecular weight excluding hydrogens is 264 g/mol. The lowest BCUT2D eigenvalue weighted by Gasteiger charge is -2.26. The zero-order chi connectivity index (χ0) is 15.5. The Bertz CT molecular complexity index is 367. The number of ether oxygens (including phenoxy) is 1. The van der Waals surface area contributed by atoms with Gasteiger partial charge >= 0.3 is 0 Å². The van der Waals surface area contributed by atoms with Gasteiger partial charge in [0.25, 0.3) is 0 Å². The van der Waals surface area contributed by atoms with Crippen molar-refractivity contribution in [1.29, 1.82) is 0 Å². The summed E-state index contributed by atoms with van der Waals surface area (Å²) in [6, 6.07) is 0.424. The molecule has 0 saturated heterocycles. The third-order valence-corrected chi connectivity index (χ3v) is 3.39. The molecule has 0 aromatic carbocycles. The van der Waals surface area contributed by atoms with Crippen molar-refractivity contribution in [3.63, 3.8) is 0 Å². The van der Waals surface area contributed by atoms with E-state index in [1.165, 1.54) is 19.3 Å². The van der Waals surface area contributed by atoms with E-state index in [0.717, 1.165) is 37.8 Å². The Balaban J connectivity index is 2.52. The second kappa shape index (κ2) is 10.5. The second-order valence-corrected chi connectivity index (χ2v) is 5.56. The molecule has 1 N–H and O–H groups in total. The number of aromatic nitrogens is 2. The van der Waals surface area contributed by atoms with E-state index in [9.17, 15) is 0 Å². The molecule has 1 heterocycles. The Morgan fingerprint density at radius 1 is 1.24 bits per heavy atom. The van der Waals surface area contributed by atoms with Gasteiger partial charge in [-0.25, -0.2) is 9.97 Å². The fraction of sp³-hybridized carbons (Fsp3) is 0.750. The number of nitrogens with one attached hydrogen (secondary N) is 1. The maximum atomic E-state index is 5.00. The molecule has 0 fully saturated rings. The first-order valence-electron chi connectivity index (χ1n) is 7.96. The number of nitrogens with zero attached hydrogens (tertiary/aromatic N) is 3. The first-order valence-corrected chi connectivity index (χ1v) is 7.96. The molecular formula is C16H30N4O. The molecule has 1 aromatic rings. The standard InChI is InChI=1S/C16H30N4O/c1-5-6-7-9-20(14(2)3)16-18-12-15(13-19-16)11-17-8-10-21-4/h12-14,17H,5-11H2,1-4H3. The van der Waals surface area contributed by atoms with Gasteiger partial charge in [0.15, 0.2) is 0 Å². The van der Waals surface area contributed by atoms with E-state index >= 15 is 0 Å². The summed E-state index contributed by atoms with van der Waals surface area (Å²) in [5, 5.41) is 3.30. The van der Waals surface area contributed by atoms with Crippen LogP contribution in [0.15, 0.2) is 12.4 Å². The largest absolute Gasteiger partial charge is 0.383 e. The number of hydrogen-bond donors (Lipinski definition) is 1. The van der Waals surface area contributed by atoms with Crippen LogP contribution in [0, 0.1) is 0 Å². The molecule has 5 heteroatoms. The molecule has 0 saturated carbocycles. The predicted molar refractivity (Wildman–Crippen MR) is 87.6 cm³/mol. The van der Waals surface area contributed by atoms with Crippen molar-refractivity contribution in [3.8, 4) is 0 Å². The van der Waals surface area contributed by atoms with Crippen LogP contribution in [0.25, 0.3) is 0 Å². The molecule has 0 spiro atoms. The maximum absolute atomic E-state index is 5.00. The number of unbranched alkanes of at least 4 members (excludes halogenated alkanes) is 2. The van der Waals surface area contributed by atoms with Gasteiger partial charge in [-0.05, 0) is 20.3 Å². The molecule has 1 rings (SSSR count). The van der Waals surface area contributed by atoms with Crippen LogP contribution in [0.3, 0.4) is 0 Å². The SMILES string of the molecule is CCCCCN(c1ncc(CNCCOC)cn1)C(C)C. The minimum absolute atomic E-state index is 0.424. The Kier molecular flexibility index (Phi) is 8.94. The molecule has 0 aliphatic rings. The quantitative estimate of drug-likeness (QED) is 0.636. The Morgan fingerprint density at radius 2 is 1.95 bits per heavy atom. The minimum atomic E-state index is 0.424. The monoisotopic (exact) mass is 294 g/mol. The van der Waals surface area contributed by atoms with Crippen molar-refractivity contribution in [2.45, 2.75) is 52.6 Å². The van der Waals surface area contributed by atoms with E-state index < -0.39 is 0 Å². The van der Waals surface area contributed by atoms with Gasteiger partial charge in [0, 0.05) is 50.7 Å². The lowest BCUT2D eigenvalue weighted by Crippen LogP contribution is -2.33. The van der Waals surface area contributed by atoms with Gasteiger partial charge in [-0.2, -0.15) is 0 Å².